The molecule has 0 rings (SSSR count). The third-order valence-corrected chi connectivity index (χ3v) is 2.89. The van der Waals surface area contributed by atoms with Crippen molar-refractivity contribution in [2.75, 3.05) is 19.3 Å². The SMILES string of the molecule is CS[C@@H](C)C(=O)NCCNC(=O)C(C)C. The van der Waals surface area contributed by atoms with Gasteiger partial charge in [-0.2, -0.15) is 11.8 Å². The van der Waals surface area contributed by atoms with Crippen molar-refractivity contribution in [1.82, 2.24) is 10.6 Å². The number of hydrogen-bond donors (Lipinski definition) is 2. The van der Waals surface area contributed by atoms with Crippen molar-refractivity contribution in [3.63, 3.8) is 0 Å². The average Bonchev–Trinajstić information content (AvgIpc) is 2.22. The summed E-state index contributed by atoms with van der Waals surface area (Å²) in [4.78, 5) is 22.5. The van der Waals surface area contributed by atoms with Crippen LogP contribution in [-0.4, -0.2) is 36.4 Å². The van der Waals surface area contributed by atoms with Gasteiger partial charge in [-0.05, 0) is 13.2 Å². The molecule has 0 heterocycles. The zero-order chi connectivity index (χ0) is 11.8. The predicted octanol–water partition coefficient (Wildman–Crippen LogP) is 0.626. The fourth-order valence-corrected chi connectivity index (χ4v) is 1.12. The minimum absolute atomic E-state index is 0.00850. The second-order valence-corrected chi connectivity index (χ2v) is 4.79. The molecule has 5 heteroatoms. The summed E-state index contributed by atoms with van der Waals surface area (Å²) in [6.45, 7) is 6.51. The number of carbonyl (C=O) groups excluding carboxylic acids is 2. The Labute approximate surface area is 95.6 Å². The summed E-state index contributed by atoms with van der Waals surface area (Å²) in [6, 6.07) is 0. The first-order valence-corrected chi connectivity index (χ1v) is 6.36. The Balaban J connectivity index is 3.55. The summed E-state index contributed by atoms with van der Waals surface area (Å²) in [5.74, 6) is 0.0225. The Morgan fingerprint density at radius 1 is 1.07 bits per heavy atom. The molecule has 1 atom stereocenters. The molecule has 0 unspecified atom stereocenters. The van der Waals surface area contributed by atoms with E-state index in [-0.39, 0.29) is 23.0 Å². The van der Waals surface area contributed by atoms with Gasteiger partial charge in [0.1, 0.15) is 0 Å². The van der Waals surface area contributed by atoms with Gasteiger partial charge in [-0.15, -0.1) is 0 Å². The molecular weight excluding hydrogens is 212 g/mol. The van der Waals surface area contributed by atoms with Gasteiger partial charge in [0, 0.05) is 19.0 Å². The molecule has 0 saturated carbocycles. The number of carbonyl (C=O) groups is 2. The lowest BCUT2D eigenvalue weighted by molar-refractivity contribution is -0.124. The van der Waals surface area contributed by atoms with Crippen LogP contribution in [0.5, 0.6) is 0 Å². The Kier molecular flexibility index (Phi) is 7.21. The highest BCUT2D eigenvalue weighted by Crippen LogP contribution is 2.03. The highest BCUT2D eigenvalue weighted by molar-refractivity contribution is 7.99. The molecule has 0 aromatic heterocycles. The molecule has 0 aromatic carbocycles. The van der Waals surface area contributed by atoms with Crippen molar-refractivity contribution in [3.05, 3.63) is 0 Å². The molecule has 0 aromatic rings. The molecule has 0 spiro atoms. The smallest absolute Gasteiger partial charge is 0.232 e. The molecule has 0 aliphatic rings. The van der Waals surface area contributed by atoms with Crippen LogP contribution in [0.3, 0.4) is 0 Å². The van der Waals surface area contributed by atoms with Crippen LogP contribution in [0.1, 0.15) is 20.8 Å². The topological polar surface area (TPSA) is 58.2 Å². The fourth-order valence-electron chi connectivity index (χ4n) is 0.826. The minimum atomic E-state index is -0.0363. The lowest BCUT2D eigenvalue weighted by Gasteiger charge is -2.11. The number of amides is 2. The van der Waals surface area contributed by atoms with E-state index in [1.807, 2.05) is 27.0 Å². The van der Waals surface area contributed by atoms with Crippen molar-refractivity contribution >= 4 is 23.6 Å². The summed E-state index contributed by atoms with van der Waals surface area (Å²) >= 11 is 1.50. The van der Waals surface area contributed by atoms with Crippen LogP contribution in [0.25, 0.3) is 0 Å². The summed E-state index contributed by atoms with van der Waals surface area (Å²) in [5.41, 5.74) is 0. The molecule has 0 bridgehead atoms. The predicted molar refractivity (Wildman–Crippen MR) is 63.8 cm³/mol. The first-order chi connectivity index (χ1) is 6.99. The zero-order valence-electron chi connectivity index (χ0n) is 9.79. The third kappa shape index (κ3) is 6.38. The van der Waals surface area contributed by atoms with Gasteiger partial charge >= 0.3 is 0 Å². The van der Waals surface area contributed by atoms with Crippen molar-refractivity contribution in [2.24, 2.45) is 5.92 Å². The summed E-state index contributed by atoms with van der Waals surface area (Å²) < 4.78 is 0. The van der Waals surface area contributed by atoms with E-state index in [9.17, 15) is 9.59 Å². The van der Waals surface area contributed by atoms with E-state index >= 15 is 0 Å². The van der Waals surface area contributed by atoms with Crippen LogP contribution in [0.15, 0.2) is 0 Å². The maximum absolute atomic E-state index is 11.3. The van der Waals surface area contributed by atoms with E-state index in [0.29, 0.717) is 13.1 Å². The van der Waals surface area contributed by atoms with Gasteiger partial charge in [-0.25, -0.2) is 0 Å². The number of rotatable bonds is 6. The van der Waals surface area contributed by atoms with Crippen LogP contribution >= 0.6 is 11.8 Å². The van der Waals surface area contributed by atoms with Gasteiger partial charge < -0.3 is 10.6 Å². The molecule has 15 heavy (non-hydrogen) atoms. The Hall–Kier alpha value is -0.710. The number of hydrogen-bond acceptors (Lipinski definition) is 3. The molecule has 0 aliphatic heterocycles. The highest BCUT2D eigenvalue weighted by atomic mass is 32.2. The van der Waals surface area contributed by atoms with E-state index < -0.39 is 0 Å². The van der Waals surface area contributed by atoms with Gasteiger partial charge in [-0.3, -0.25) is 9.59 Å². The minimum Gasteiger partial charge on any atom is -0.354 e. The first-order valence-electron chi connectivity index (χ1n) is 5.07. The van der Waals surface area contributed by atoms with Gasteiger partial charge in [-0.1, -0.05) is 13.8 Å². The summed E-state index contributed by atoms with van der Waals surface area (Å²) in [5, 5.41) is 5.45. The second-order valence-electron chi connectivity index (χ2n) is 3.61. The summed E-state index contributed by atoms with van der Waals surface area (Å²) in [7, 11) is 0. The molecule has 0 aliphatic carbocycles. The van der Waals surface area contributed by atoms with Crippen molar-refractivity contribution in [1.29, 1.82) is 0 Å². The molecule has 0 fully saturated rings. The van der Waals surface area contributed by atoms with Crippen molar-refractivity contribution < 1.29 is 9.59 Å². The lowest BCUT2D eigenvalue weighted by Crippen LogP contribution is -2.38. The van der Waals surface area contributed by atoms with Crippen LogP contribution in [0.2, 0.25) is 0 Å². The van der Waals surface area contributed by atoms with Crippen LogP contribution in [0, 0.1) is 5.92 Å². The zero-order valence-corrected chi connectivity index (χ0v) is 10.6. The Morgan fingerprint density at radius 2 is 1.53 bits per heavy atom. The monoisotopic (exact) mass is 232 g/mol. The van der Waals surface area contributed by atoms with E-state index in [0.717, 1.165) is 0 Å². The molecule has 0 radical (unpaired) electrons. The maximum atomic E-state index is 11.3. The van der Waals surface area contributed by atoms with Gasteiger partial charge in [0.2, 0.25) is 11.8 Å². The van der Waals surface area contributed by atoms with E-state index in [1.165, 1.54) is 11.8 Å². The molecule has 0 saturated heterocycles. The van der Waals surface area contributed by atoms with Gasteiger partial charge in [0.05, 0.1) is 5.25 Å². The van der Waals surface area contributed by atoms with Crippen LogP contribution < -0.4 is 10.6 Å². The second kappa shape index (κ2) is 7.56. The molecule has 88 valence electrons. The van der Waals surface area contributed by atoms with Gasteiger partial charge in [0.15, 0.2) is 0 Å². The van der Waals surface area contributed by atoms with Crippen LogP contribution in [-0.2, 0) is 9.59 Å². The Bertz CT molecular complexity index is 219. The highest BCUT2D eigenvalue weighted by Gasteiger charge is 2.10. The van der Waals surface area contributed by atoms with E-state index in [2.05, 4.69) is 10.6 Å². The standard InChI is InChI=1S/C10H20N2O2S/c1-7(2)9(13)11-5-6-12-10(14)8(3)15-4/h7-8H,5-6H2,1-4H3,(H,11,13)(H,12,14)/t8-/m0/s1. The van der Waals surface area contributed by atoms with E-state index in [4.69, 9.17) is 0 Å². The molecule has 4 nitrogen and oxygen atoms in total. The van der Waals surface area contributed by atoms with E-state index in [1.54, 1.807) is 0 Å². The lowest BCUT2D eigenvalue weighted by atomic mass is 10.2. The molecule has 2 amide bonds. The number of nitrogens with one attached hydrogen (secondary N) is 2. The Morgan fingerprint density at radius 3 is 1.93 bits per heavy atom. The quantitative estimate of drug-likeness (QED) is 0.660. The van der Waals surface area contributed by atoms with Crippen molar-refractivity contribution in [3.8, 4) is 0 Å². The normalized spacial score (nSPS) is 12.3. The maximum Gasteiger partial charge on any atom is 0.232 e. The average molecular weight is 232 g/mol. The van der Waals surface area contributed by atoms with Crippen molar-refractivity contribution in [2.45, 2.75) is 26.0 Å². The largest absolute Gasteiger partial charge is 0.354 e. The summed E-state index contributed by atoms with van der Waals surface area (Å²) in [6.07, 6.45) is 1.89. The first kappa shape index (κ1) is 14.3. The number of thioether (sulfide) groups is 1. The molecule has 2 N–H and O–H groups in total. The molecular formula is C10H20N2O2S. The van der Waals surface area contributed by atoms with Crippen LogP contribution in [0.4, 0.5) is 0 Å². The fraction of sp³-hybridized carbons (Fsp3) is 0.800. The van der Waals surface area contributed by atoms with Gasteiger partial charge in [0.25, 0.3) is 0 Å². The third-order valence-electron chi connectivity index (χ3n) is 1.97.